The van der Waals surface area contributed by atoms with Crippen molar-refractivity contribution in [3.63, 3.8) is 0 Å². The standard InChI is InChI=1S/C3H2F2O/c1-2-3(4,5)6/h1,6H. The molecule has 0 atom stereocenters. The van der Waals surface area contributed by atoms with Crippen LogP contribution < -0.4 is 0 Å². The highest BCUT2D eigenvalue weighted by molar-refractivity contribution is 4.92. The lowest BCUT2D eigenvalue weighted by Gasteiger charge is -1.92. The first kappa shape index (κ1) is 5.38. The summed E-state index contributed by atoms with van der Waals surface area (Å²) in [6.45, 7) is 0. The molecule has 0 bridgehead atoms. The van der Waals surface area contributed by atoms with Crippen LogP contribution in [0.2, 0.25) is 0 Å². The van der Waals surface area contributed by atoms with Gasteiger partial charge in [-0.3, -0.25) is 0 Å². The van der Waals surface area contributed by atoms with Gasteiger partial charge in [0, 0.05) is 5.92 Å². The summed E-state index contributed by atoms with van der Waals surface area (Å²) in [7, 11) is 0. The van der Waals surface area contributed by atoms with Crippen molar-refractivity contribution in [2.24, 2.45) is 0 Å². The highest BCUT2D eigenvalue weighted by atomic mass is 19.3. The highest BCUT2D eigenvalue weighted by Gasteiger charge is 2.17. The number of hydrogen-bond donors (Lipinski definition) is 1. The van der Waals surface area contributed by atoms with Crippen LogP contribution in [0.25, 0.3) is 0 Å². The Morgan fingerprint density at radius 2 is 1.83 bits per heavy atom. The van der Waals surface area contributed by atoms with Gasteiger partial charge in [-0.05, 0) is 0 Å². The molecule has 3 heteroatoms. The second kappa shape index (κ2) is 1.23. The zero-order chi connectivity index (χ0) is 5.21. The molecular weight excluding hydrogens is 90.0 g/mol. The van der Waals surface area contributed by atoms with Crippen molar-refractivity contribution in [1.29, 1.82) is 0 Å². The largest absolute Gasteiger partial charge is 0.420 e. The number of aliphatic hydroxyl groups is 1. The monoisotopic (exact) mass is 92.0 g/mol. The summed E-state index contributed by atoms with van der Waals surface area (Å²) in [6.07, 6.45) is 0.125. The Labute approximate surface area is 33.6 Å². The average molecular weight is 92.0 g/mol. The molecule has 0 saturated carbocycles. The van der Waals surface area contributed by atoms with Gasteiger partial charge in [-0.25, -0.2) is 0 Å². The van der Waals surface area contributed by atoms with Gasteiger partial charge in [0.1, 0.15) is 0 Å². The van der Waals surface area contributed by atoms with E-state index in [1.165, 1.54) is 0 Å². The van der Waals surface area contributed by atoms with Crippen molar-refractivity contribution in [1.82, 2.24) is 0 Å². The van der Waals surface area contributed by atoms with Crippen LogP contribution in [-0.2, 0) is 0 Å². The summed E-state index contributed by atoms with van der Waals surface area (Å²) in [5, 5.41) is 7.26. The predicted octanol–water partition coefficient (Wildman–Crippen LogP) is 0.205. The first-order valence-corrected chi connectivity index (χ1v) is 1.14. The Morgan fingerprint density at radius 1 is 1.67 bits per heavy atom. The second-order valence-corrected chi connectivity index (χ2v) is 0.686. The van der Waals surface area contributed by atoms with Crippen LogP contribution in [0.3, 0.4) is 0 Å². The average Bonchev–Trinajstić information content (AvgIpc) is 1.35. The van der Waals surface area contributed by atoms with E-state index in [2.05, 4.69) is 6.42 Å². The lowest BCUT2D eigenvalue weighted by Crippen LogP contribution is -2.08. The molecule has 0 aromatic rings. The minimum Gasteiger partial charge on any atom is -0.326 e. The molecular formula is C3H2F2O. The zero-order valence-corrected chi connectivity index (χ0v) is 2.78. The van der Waals surface area contributed by atoms with Crippen LogP contribution in [0.1, 0.15) is 0 Å². The number of halogens is 2. The third-order valence-corrected chi connectivity index (χ3v) is 0.174. The van der Waals surface area contributed by atoms with E-state index in [0.29, 0.717) is 0 Å². The Kier molecular flexibility index (Phi) is 1.10. The van der Waals surface area contributed by atoms with E-state index in [0.717, 1.165) is 5.92 Å². The van der Waals surface area contributed by atoms with Gasteiger partial charge in [-0.1, -0.05) is 0 Å². The molecule has 0 aromatic heterocycles. The van der Waals surface area contributed by atoms with Crippen molar-refractivity contribution < 1.29 is 13.9 Å². The lowest BCUT2D eigenvalue weighted by molar-refractivity contribution is -0.145. The van der Waals surface area contributed by atoms with Gasteiger partial charge in [0.15, 0.2) is 0 Å². The van der Waals surface area contributed by atoms with Crippen LogP contribution in [0.5, 0.6) is 0 Å². The predicted molar refractivity (Wildman–Crippen MR) is 16.0 cm³/mol. The van der Waals surface area contributed by atoms with Crippen LogP contribution in [0, 0.1) is 12.3 Å². The fraction of sp³-hybridized carbons (Fsp3) is 0.333. The molecule has 34 valence electrons. The summed E-state index contributed by atoms with van der Waals surface area (Å²) >= 11 is 0. The van der Waals surface area contributed by atoms with E-state index < -0.39 is 6.11 Å². The molecule has 0 saturated heterocycles. The normalized spacial score (nSPS) is 10.3. The van der Waals surface area contributed by atoms with Gasteiger partial charge in [-0.15, -0.1) is 6.42 Å². The molecule has 0 aromatic carbocycles. The third-order valence-electron chi connectivity index (χ3n) is 0.174. The summed E-state index contributed by atoms with van der Waals surface area (Å²) in [5.41, 5.74) is 0. The van der Waals surface area contributed by atoms with E-state index in [1.54, 1.807) is 0 Å². The smallest absolute Gasteiger partial charge is 0.326 e. The first-order chi connectivity index (χ1) is 2.56. The van der Waals surface area contributed by atoms with Crippen molar-refractivity contribution in [2.45, 2.75) is 6.11 Å². The van der Waals surface area contributed by atoms with E-state index >= 15 is 0 Å². The molecule has 0 fully saturated rings. The minimum atomic E-state index is -3.93. The molecule has 0 spiro atoms. The van der Waals surface area contributed by atoms with Gasteiger partial charge in [0.25, 0.3) is 0 Å². The molecule has 0 unspecified atom stereocenters. The van der Waals surface area contributed by atoms with Crippen molar-refractivity contribution in [3.8, 4) is 12.3 Å². The number of alkyl halides is 2. The molecule has 0 rings (SSSR count). The Balaban J connectivity index is 3.55. The van der Waals surface area contributed by atoms with E-state index in [4.69, 9.17) is 5.11 Å². The Hall–Kier alpha value is -0.620. The topological polar surface area (TPSA) is 20.2 Å². The molecule has 1 N–H and O–H groups in total. The van der Waals surface area contributed by atoms with Crippen molar-refractivity contribution in [2.75, 3.05) is 0 Å². The van der Waals surface area contributed by atoms with E-state index in [1.807, 2.05) is 0 Å². The molecule has 0 aliphatic carbocycles. The lowest BCUT2D eigenvalue weighted by atomic mass is 10.7. The zero-order valence-electron chi connectivity index (χ0n) is 2.78. The second-order valence-electron chi connectivity index (χ2n) is 0.686. The third kappa shape index (κ3) is 3.38. The maximum Gasteiger partial charge on any atom is 0.420 e. The van der Waals surface area contributed by atoms with Gasteiger partial charge >= 0.3 is 6.11 Å². The Bertz CT molecular complexity index is 75.8. The molecule has 0 aliphatic rings. The Morgan fingerprint density at radius 3 is 1.83 bits per heavy atom. The molecule has 0 heterocycles. The molecule has 6 heavy (non-hydrogen) atoms. The van der Waals surface area contributed by atoms with Crippen molar-refractivity contribution >= 4 is 0 Å². The first-order valence-electron chi connectivity index (χ1n) is 1.14. The van der Waals surface area contributed by atoms with E-state index in [-0.39, 0.29) is 0 Å². The summed E-state index contributed by atoms with van der Waals surface area (Å²) in [4.78, 5) is 0. The molecule has 1 nitrogen and oxygen atoms in total. The van der Waals surface area contributed by atoms with Gasteiger partial charge < -0.3 is 5.11 Å². The summed E-state index contributed by atoms with van der Waals surface area (Å²) < 4.78 is 21.5. The van der Waals surface area contributed by atoms with Gasteiger partial charge in [0.2, 0.25) is 0 Å². The quantitative estimate of drug-likeness (QED) is 0.423. The van der Waals surface area contributed by atoms with Crippen molar-refractivity contribution in [3.05, 3.63) is 0 Å². The van der Waals surface area contributed by atoms with Crippen LogP contribution in [0.15, 0.2) is 0 Å². The number of hydrogen-bond acceptors (Lipinski definition) is 1. The molecule has 0 aliphatic heterocycles. The maximum absolute atomic E-state index is 10.8. The number of rotatable bonds is 0. The fourth-order valence-corrected chi connectivity index (χ4v) is 0. The van der Waals surface area contributed by atoms with Crippen LogP contribution >= 0.6 is 0 Å². The van der Waals surface area contributed by atoms with E-state index in [9.17, 15) is 8.78 Å². The maximum atomic E-state index is 10.8. The summed E-state index contributed by atoms with van der Waals surface area (Å²) in [5.74, 6) is 0.826. The highest BCUT2D eigenvalue weighted by Crippen LogP contribution is 2.02. The number of terminal acetylenes is 1. The van der Waals surface area contributed by atoms with Crippen LogP contribution in [-0.4, -0.2) is 11.2 Å². The van der Waals surface area contributed by atoms with Crippen LogP contribution in [0.4, 0.5) is 8.78 Å². The minimum absolute atomic E-state index is 0.826. The van der Waals surface area contributed by atoms with Gasteiger partial charge in [0.05, 0.1) is 0 Å². The fourth-order valence-electron chi connectivity index (χ4n) is 0. The molecule has 0 radical (unpaired) electrons. The molecule has 0 amide bonds. The SMILES string of the molecule is C#CC(O)(F)F. The van der Waals surface area contributed by atoms with Gasteiger partial charge in [-0.2, -0.15) is 8.78 Å². The summed E-state index contributed by atoms with van der Waals surface area (Å²) in [6, 6.07) is 0.